The summed E-state index contributed by atoms with van der Waals surface area (Å²) in [7, 11) is 1.62. The van der Waals surface area contributed by atoms with Crippen LogP contribution in [0.2, 0.25) is 5.02 Å². The molecule has 0 aromatic heterocycles. The van der Waals surface area contributed by atoms with Crippen molar-refractivity contribution in [3.05, 3.63) is 47.5 Å². The number of hydrogen-bond acceptors (Lipinski definition) is 4. The Labute approximate surface area is 179 Å². The number of hydrogen-bond donors (Lipinski definition) is 1. The second-order valence-corrected chi connectivity index (χ2v) is 9.16. The zero-order chi connectivity index (χ0) is 20.5. The van der Waals surface area contributed by atoms with E-state index in [-0.39, 0.29) is 24.3 Å². The molecule has 0 saturated heterocycles. The molecule has 2 aromatic carbocycles. The van der Waals surface area contributed by atoms with Crippen LogP contribution in [0.15, 0.2) is 47.4 Å². The highest BCUT2D eigenvalue weighted by atomic mass is 35.5. The lowest BCUT2D eigenvalue weighted by molar-refractivity contribution is -0.122. The van der Waals surface area contributed by atoms with Crippen molar-refractivity contribution in [1.29, 1.82) is 0 Å². The van der Waals surface area contributed by atoms with Gasteiger partial charge in [0.1, 0.15) is 5.75 Å². The fourth-order valence-corrected chi connectivity index (χ4v) is 4.91. The third-order valence-electron chi connectivity index (χ3n) is 5.45. The van der Waals surface area contributed by atoms with Crippen molar-refractivity contribution >= 4 is 46.6 Å². The number of ether oxygens (including phenoxy) is 1. The van der Waals surface area contributed by atoms with Crippen molar-refractivity contribution in [1.82, 2.24) is 0 Å². The maximum absolute atomic E-state index is 13.3. The summed E-state index contributed by atoms with van der Waals surface area (Å²) >= 11 is 7.43. The molecule has 1 saturated carbocycles. The molecule has 1 aliphatic carbocycles. The monoisotopic (exact) mass is 430 g/mol. The molecule has 1 heterocycles. The van der Waals surface area contributed by atoms with Crippen LogP contribution in [0.5, 0.6) is 5.75 Å². The number of carbonyl (C=O) groups excluding carboxylic acids is 2. The molecule has 2 amide bonds. The first-order chi connectivity index (χ1) is 14.0. The van der Waals surface area contributed by atoms with Crippen molar-refractivity contribution in [3.8, 4) is 5.75 Å². The van der Waals surface area contributed by atoms with Crippen molar-refractivity contribution in [2.45, 2.75) is 42.4 Å². The minimum absolute atomic E-state index is 0.0420. The fraction of sp³-hybridized carbons (Fsp3) is 0.364. The Morgan fingerprint density at radius 1 is 1.28 bits per heavy atom. The number of nitrogens with one attached hydrogen (secondary N) is 1. The van der Waals surface area contributed by atoms with Crippen LogP contribution in [-0.2, 0) is 9.59 Å². The SMILES string of the molecule is COc1ccc(N(C(=O)CC2Sc3ccc(Cl)cc3NC2=O)C(C)C2CC2)cc1. The molecule has 152 valence electrons. The number of carbonyl (C=O) groups is 2. The molecule has 7 heteroatoms. The summed E-state index contributed by atoms with van der Waals surface area (Å²) < 4.78 is 5.24. The summed E-state index contributed by atoms with van der Waals surface area (Å²) in [6.07, 6.45) is 2.41. The summed E-state index contributed by atoms with van der Waals surface area (Å²) in [5.41, 5.74) is 1.54. The summed E-state index contributed by atoms with van der Waals surface area (Å²) in [6, 6.07) is 13.0. The average Bonchev–Trinajstić information content (AvgIpc) is 3.55. The van der Waals surface area contributed by atoms with Crippen LogP contribution in [0.4, 0.5) is 11.4 Å². The van der Waals surface area contributed by atoms with Gasteiger partial charge >= 0.3 is 0 Å². The first kappa shape index (κ1) is 20.1. The van der Waals surface area contributed by atoms with Crippen molar-refractivity contribution < 1.29 is 14.3 Å². The molecule has 1 aliphatic heterocycles. The first-order valence-corrected chi connectivity index (χ1v) is 10.9. The van der Waals surface area contributed by atoms with Crippen molar-refractivity contribution in [2.24, 2.45) is 5.92 Å². The minimum atomic E-state index is -0.469. The number of methoxy groups -OCH3 is 1. The topological polar surface area (TPSA) is 58.6 Å². The Morgan fingerprint density at radius 3 is 2.66 bits per heavy atom. The lowest BCUT2D eigenvalue weighted by atomic mass is 10.1. The number of amides is 2. The van der Waals surface area contributed by atoms with Crippen LogP contribution < -0.4 is 15.0 Å². The van der Waals surface area contributed by atoms with Crippen LogP contribution in [0.3, 0.4) is 0 Å². The van der Waals surface area contributed by atoms with E-state index >= 15 is 0 Å². The molecule has 0 radical (unpaired) electrons. The van der Waals surface area contributed by atoms with Gasteiger partial charge in [-0.3, -0.25) is 9.59 Å². The molecule has 1 fully saturated rings. The first-order valence-electron chi connectivity index (χ1n) is 9.69. The Morgan fingerprint density at radius 2 is 2.00 bits per heavy atom. The van der Waals surface area contributed by atoms with Gasteiger partial charge in [-0.1, -0.05) is 11.6 Å². The zero-order valence-electron chi connectivity index (χ0n) is 16.4. The molecule has 0 bridgehead atoms. The van der Waals surface area contributed by atoms with Gasteiger partial charge in [-0.25, -0.2) is 0 Å². The highest BCUT2D eigenvalue weighted by molar-refractivity contribution is 8.01. The molecule has 2 aromatic rings. The van der Waals surface area contributed by atoms with E-state index in [2.05, 4.69) is 12.2 Å². The third kappa shape index (κ3) is 4.38. The van der Waals surface area contributed by atoms with Gasteiger partial charge in [0.25, 0.3) is 0 Å². The second kappa shape index (κ2) is 8.28. The Kier molecular flexibility index (Phi) is 5.74. The fourth-order valence-electron chi connectivity index (χ4n) is 3.65. The van der Waals surface area contributed by atoms with Crippen LogP contribution in [0, 0.1) is 5.92 Å². The van der Waals surface area contributed by atoms with Crippen LogP contribution >= 0.6 is 23.4 Å². The number of benzene rings is 2. The largest absolute Gasteiger partial charge is 0.497 e. The standard InChI is InChI=1S/C22H23ClN2O3S/c1-13(14-3-4-14)25(16-6-8-17(28-2)9-7-16)21(26)12-20-22(27)24-18-11-15(23)5-10-19(18)29-20/h5-11,13-14,20H,3-4,12H2,1-2H3,(H,24,27). The van der Waals surface area contributed by atoms with E-state index in [1.807, 2.05) is 35.2 Å². The van der Waals surface area contributed by atoms with E-state index < -0.39 is 5.25 Å². The predicted molar refractivity (Wildman–Crippen MR) is 117 cm³/mol. The number of rotatable bonds is 6. The quantitative estimate of drug-likeness (QED) is 0.701. The van der Waals surface area contributed by atoms with E-state index in [9.17, 15) is 9.59 Å². The van der Waals surface area contributed by atoms with Gasteiger partial charge < -0.3 is 15.0 Å². The van der Waals surface area contributed by atoms with Gasteiger partial charge in [0.05, 0.1) is 18.0 Å². The van der Waals surface area contributed by atoms with Gasteiger partial charge in [-0.15, -0.1) is 11.8 Å². The normalized spacial score (nSPS) is 19.1. The smallest absolute Gasteiger partial charge is 0.238 e. The highest BCUT2D eigenvalue weighted by Crippen LogP contribution is 2.40. The Hall–Kier alpha value is -2.18. The number of fused-ring (bicyclic) bond motifs is 1. The maximum atomic E-state index is 13.3. The molecule has 2 atom stereocenters. The van der Waals surface area contributed by atoms with E-state index in [0.717, 1.165) is 29.2 Å². The van der Waals surface area contributed by atoms with E-state index in [1.54, 1.807) is 19.2 Å². The van der Waals surface area contributed by atoms with E-state index in [1.165, 1.54) is 11.8 Å². The Balaban J connectivity index is 1.54. The molecule has 5 nitrogen and oxygen atoms in total. The van der Waals surface area contributed by atoms with Crippen molar-refractivity contribution in [2.75, 3.05) is 17.3 Å². The summed E-state index contributed by atoms with van der Waals surface area (Å²) in [6.45, 7) is 2.09. The number of halogens is 1. The number of nitrogens with zero attached hydrogens (tertiary/aromatic N) is 1. The second-order valence-electron chi connectivity index (χ2n) is 7.48. The molecule has 2 unspecified atom stereocenters. The maximum Gasteiger partial charge on any atom is 0.238 e. The molecule has 0 spiro atoms. The van der Waals surface area contributed by atoms with Gasteiger partial charge in [0.2, 0.25) is 11.8 Å². The van der Waals surface area contributed by atoms with E-state index in [0.29, 0.717) is 16.6 Å². The van der Waals surface area contributed by atoms with E-state index in [4.69, 9.17) is 16.3 Å². The molecule has 2 aliphatic rings. The summed E-state index contributed by atoms with van der Waals surface area (Å²) in [5, 5.41) is 2.99. The average molecular weight is 431 g/mol. The highest BCUT2D eigenvalue weighted by Gasteiger charge is 2.37. The Bertz CT molecular complexity index is 930. The lowest BCUT2D eigenvalue weighted by Crippen LogP contribution is -2.43. The third-order valence-corrected chi connectivity index (χ3v) is 6.96. The summed E-state index contributed by atoms with van der Waals surface area (Å²) in [4.78, 5) is 28.7. The van der Waals surface area contributed by atoms with Crippen molar-refractivity contribution in [3.63, 3.8) is 0 Å². The minimum Gasteiger partial charge on any atom is -0.497 e. The predicted octanol–water partition coefficient (Wildman–Crippen LogP) is 4.98. The molecule has 1 N–H and O–H groups in total. The molecular weight excluding hydrogens is 408 g/mol. The number of anilines is 2. The number of thioether (sulfide) groups is 1. The van der Waals surface area contributed by atoms with Gasteiger partial charge in [0, 0.05) is 28.1 Å². The lowest BCUT2D eigenvalue weighted by Gasteiger charge is -2.32. The summed E-state index contributed by atoms with van der Waals surface area (Å²) in [5.74, 6) is 1.06. The van der Waals surface area contributed by atoms with Gasteiger partial charge in [-0.05, 0) is 68.1 Å². The van der Waals surface area contributed by atoms with Crippen LogP contribution in [0.1, 0.15) is 26.2 Å². The van der Waals surface area contributed by atoms with Gasteiger partial charge in [0.15, 0.2) is 0 Å². The molecule has 29 heavy (non-hydrogen) atoms. The zero-order valence-corrected chi connectivity index (χ0v) is 17.9. The molecular formula is C22H23ClN2O3S. The van der Waals surface area contributed by atoms with Gasteiger partial charge in [-0.2, -0.15) is 0 Å². The molecule has 4 rings (SSSR count). The van der Waals surface area contributed by atoms with Crippen LogP contribution in [0.25, 0.3) is 0 Å². The van der Waals surface area contributed by atoms with Crippen LogP contribution in [-0.4, -0.2) is 30.2 Å².